The van der Waals surface area contributed by atoms with Gasteiger partial charge in [0, 0.05) is 42.9 Å². The maximum atomic E-state index is 14.5. The first-order valence-corrected chi connectivity index (χ1v) is 11.9. The van der Waals surface area contributed by atoms with Gasteiger partial charge >= 0.3 is 0 Å². The fourth-order valence-electron chi connectivity index (χ4n) is 4.36. The van der Waals surface area contributed by atoms with Gasteiger partial charge in [0.1, 0.15) is 11.6 Å². The van der Waals surface area contributed by atoms with Crippen molar-refractivity contribution in [2.45, 2.75) is 44.8 Å². The van der Waals surface area contributed by atoms with E-state index in [1.165, 1.54) is 6.07 Å². The van der Waals surface area contributed by atoms with E-state index in [0.29, 0.717) is 36.2 Å². The summed E-state index contributed by atoms with van der Waals surface area (Å²) in [5.74, 6) is -0.153. The first-order valence-electron chi connectivity index (χ1n) is 11.5. The molecule has 0 aliphatic carbocycles. The van der Waals surface area contributed by atoms with Gasteiger partial charge in [-0.3, -0.25) is 9.78 Å². The number of carbonyl (C=O) groups is 1. The molecule has 2 fully saturated rings. The van der Waals surface area contributed by atoms with Crippen molar-refractivity contribution < 1.29 is 18.7 Å². The molecule has 2 aromatic rings. The van der Waals surface area contributed by atoms with Gasteiger partial charge in [0.25, 0.3) is 0 Å². The second kappa shape index (κ2) is 10.5. The van der Waals surface area contributed by atoms with E-state index in [2.05, 4.69) is 15.6 Å². The van der Waals surface area contributed by atoms with Crippen molar-refractivity contribution in [3.63, 3.8) is 0 Å². The second-order valence-corrected chi connectivity index (χ2v) is 9.84. The van der Waals surface area contributed by atoms with E-state index in [1.54, 1.807) is 18.3 Å². The zero-order chi connectivity index (χ0) is 23.4. The summed E-state index contributed by atoms with van der Waals surface area (Å²) in [6.45, 7) is 7.05. The van der Waals surface area contributed by atoms with E-state index >= 15 is 0 Å². The lowest BCUT2D eigenvalue weighted by Crippen LogP contribution is -2.45. The molecule has 1 aromatic carbocycles. The average molecular weight is 476 g/mol. The van der Waals surface area contributed by atoms with Crippen LogP contribution in [0.5, 0.6) is 0 Å². The highest BCUT2D eigenvalue weighted by Gasteiger charge is 2.29. The number of rotatable bonds is 7. The Labute approximate surface area is 199 Å². The van der Waals surface area contributed by atoms with Gasteiger partial charge in [0.2, 0.25) is 0 Å². The average Bonchev–Trinajstić information content (AvgIpc) is 2.80. The minimum atomic E-state index is -0.364. The summed E-state index contributed by atoms with van der Waals surface area (Å²) in [5, 5.41) is 6.87. The topological polar surface area (TPSA) is 72.5 Å². The van der Waals surface area contributed by atoms with Crippen LogP contribution < -0.4 is 10.6 Å². The smallest absolute Gasteiger partial charge is 0.146 e. The molecule has 2 N–H and O–H groups in total. The summed E-state index contributed by atoms with van der Waals surface area (Å²) in [6, 6.07) is 6.65. The lowest BCUT2D eigenvalue weighted by molar-refractivity contribution is -0.177. The molecule has 1 aromatic heterocycles. The highest BCUT2D eigenvalue weighted by atomic mass is 35.5. The molecule has 0 amide bonds. The molecule has 2 saturated heterocycles. The summed E-state index contributed by atoms with van der Waals surface area (Å²) in [7, 11) is 0. The summed E-state index contributed by atoms with van der Waals surface area (Å²) in [6.07, 6.45) is 3.57. The van der Waals surface area contributed by atoms with Crippen LogP contribution in [0.15, 0.2) is 30.5 Å². The zero-order valence-corrected chi connectivity index (χ0v) is 19.9. The third-order valence-electron chi connectivity index (χ3n) is 6.06. The van der Waals surface area contributed by atoms with E-state index in [4.69, 9.17) is 21.1 Å². The van der Waals surface area contributed by atoms with Gasteiger partial charge in [-0.05, 0) is 57.0 Å². The Morgan fingerprint density at radius 1 is 1.36 bits per heavy atom. The number of hydrogen-bond donors (Lipinski definition) is 2. The summed E-state index contributed by atoms with van der Waals surface area (Å²) in [4.78, 5) is 17.0. The normalized spacial score (nSPS) is 22.7. The van der Waals surface area contributed by atoms with E-state index in [-0.39, 0.29) is 35.6 Å². The van der Waals surface area contributed by atoms with Crippen LogP contribution in [0.2, 0.25) is 5.02 Å². The van der Waals surface area contributed by atoms with Crippen LogP contribution in [0.25, 0.3) is 11.1 Å². The van der Waals surface area contributed by atoms with Crippen LogP contribution in [0, 0.1) is 11.7 Å². The quantitative estimate of drug-likeness (QED) is 0.623. The predicted octanol–water partition coefficient (Wildman–Crippen LogP) is 4.26. The largest absolute Gasteiger partial charge is 0.380 e. The molecule has 3 heterocycles. The molecule has 0 saturated carbocycles. The Kier molecular flexibility index (Phi) is 7.64. The maximum Gasteiger partial charge on any atom is 0.146 e. The number of benzene rings is 1. The molecular formula is C25H31ClFN3O3. The number of Topliss-reactive ketones (excluding diaryl/α,β-unsaturated/α-hetero) is 1. The van der Waals surface area contributed by atoms with Crippen molar-refractivity contribution in [1.82, 2.24) is 10.3 Å². The van der Waals surface area contributed by atoms with Crippen LogP contribution in [-0.2, 0) is 20.7 Å². The molecular weight excluding hydrogens is 445 g/mol. The Morgan fingerprint density at radius 2 is 2.21 bits per heavy atom. The third-order valence-corrected chi connectivity index (χ3v) is 6.36. The molecule has 2 atom stereocenters. The van der Waals surface area contributed by atoms with E-state index < -0.39 is 0 Å². The standard InChI is InChI=1S/C25H31ClFN3O3/c1-25(2)15-32-14-19(33-25)12-30-23-8-16(5-6-22(23)27)20-9-18(29-13-21(20)26)10-24(31)17-4-3-7-28-11-17/h5-6,8-9,13,17,19,28,30H,3-4,7,10-12,14-15H2,1-2H3/t17-,19-/m1/s1. The zero-order valence-electron chi connectivity index (χ0n) is 19.1. The van der Waals surface area contributed by atoms with Gasteiger partial charge in [-0.2, -0.15) is 0 Å². The van der Waals surface area contributed by atoms with Crippen molar-refractivity contribution in [1.29, 1.82) is 0 Å². The number of nitrogens with zero attached hydrogens (tertiary/aromatic N) is 1. The lowest BCUT2D eigenvalue weighted by atomic mass is 9.92. The van der Waals surface area contributed by atoms with Gasteiger partial charge in [-0.25, -0.2) is 4.39 Å². The molecule has 6 nitrogen and oxygen atoms in total. The monoisotopic (exact) mass is 475 g/mol. The van der Waals surface area contributed by atoms with Gasteiger partial charge in [0.05, 0.1) is 35.6 Å². The van der Waals surface area contributed by atoms with Crippen LogP contribution >= 0.6 is 11.6 Å². The van der Waals surface area contributed by atoms with Gasteiger partial charge in [0.15, 0.2) is 0 Å². The number of anilines is 1. The minimum absolute atomic E-state index is 0.0252. The van der Waals surface area contributed by atoms with E-state index in [0.717, 1.165) is 37.1 Å². The Hall–Kier alpha value is -2.06. The third kappa shape index (κ3) is 6.29. The number of aromatic nitrogens is 1. The molecule has 8 heteroatoms. The number of piperidine rings is 1. The van der Waals surface area contributed by atoms with E-state index in [9.17, 15) is 9.18 Å². The fourth-order valence-corrected chi connectivity index (χ4v) is 4.57. The maximum absolute atomic E-state index is 14.5. The highest BCUT2D eigenvalue weighted by Crippen LogP contribution is 2.31. The van der Waals surface area contributed by atoms with Crippen LogP contribution in [0.3, 0.4) is 0 Å². The second-order valence-electron chi connectivity index (χ2n) is 9.43. The molecule has 2 aliphatic rings. The summed E-state index contributed by atoms with van der Waals surface area (Å²) < 4.78 is 26.1. The van der Waals surface area contributed by atoms with Crippen LogP contribution in [-0.4, -0.2) is 55.3 Å². The molecule has 0 unspecified atom stereocenters. The number of pyridine rings is 1. The molecule has 178 valence electrons. The Morgan fingerprint density at radius 3 is 2.97 bits per heavy atom. The fraction of sp³-hybridized carbons (Fsp3) is 0.520. The van der Waals surface area contributed by atoms with E-state index in [1.807, 2.05) is 19.9 Å². The number of ether oxygens (including phenoxy) is 2. The van der Waals surface area contributed by atoms with Gasteiger partial charge in [-0.1, -0.05) is 17.7 Å². The predicted molar refractivity (Wildman–Crippen MR) is 127 cm³/mol. The molecule has 2 aliphatic heterocycles. The van der Waals surface area contributed by atoms with Gasteiger partial charge in [-0.15, -0.1) is 0 Å². The van der Waals surface area contributed by atoms with Gasteiger partial charge < -0.3 is 20.1 Å². The summed E-state index contributed by atoms with van der Waals surface area (Å²) >= 11 is 6.43. The van der Waals surface area contributed by atoms with Crippen molar-refractivity contribution in [2.75, 3.05) is 38.2 Å². The first-order chi connectivity index (χ1) is 15.8. The Bertz CT molecular complexity index is 995. The molecule has 0 spiro atoms. The summed E-state index contributed by atoms with van der Waals surface area (Å²) in [5.41, 5.74) is 2.13. The lowest BCUT2D eigenvalue weighted by Gasteiger charge is -2.36. The first kappa shape index (κ1) is 24.1. The Balaban J connectivity index is 1.48. The number of nitrogens with one attached hydrogen (secondary N) is 2. The molecule has 33 heavy (non-hydrogen) atoms. The van der Waals surface area contributed by atoms with Crippen molar-refractivity contribution in [2.24, 2.45) is 5.92 Å². The number of halogens is 2. The molecule has 4 rings (SSSR count). The van der Waals surface area contributed by atoms with Crippen LogP contribution in [0.1, 0.15) is 32.4 Å². The minimum Gasteiger partial charge on any atom is -0.380 e. The van der Waals surface area contributed by atoms with Crippen molar-refractivity contribution in [3.8, 4) is 11.1 Å². The molecule has 0 radical (unpaired) electrons. The SMILES string of the molecule is CC1(C)COC[C@@H](CNc2cc(-c3cc(CC(=O)[C@@H]4CCCNC4)ncc3Cl)ccc2F)O1. The highest BCUT2D eigenvalue weighted by molar-refractivity contribution is 6.33. The van der Waals surface area contributed by atoms with Crippen molar-refractivity contribution in [3.05, 3.63) is 47.0 Å². The number of hydrogen-bond acceptors (Lipinski definition) is 6. The number of ketones is 1. The van der Waals surface area contributed by atoms with Crippen molar-refractivity contribution >= 4 is 23.1 Å². The van der Waals surface area contributed by atoms with Crippen LogP contribution in [0.4, 0.5) is 10.1 Å². The number of carbonyl (C=O) groups excluding carboxylic acids is 1. The molecule has 0 bridgehead atoms.